The molecule has 0 aromatic heterocycles. The van der Waals surface area contributed by atoms with Gasteiger partial charge in [-0.2, -0.15) is 0 Å². The van der Waals surface area contributed by atoms with E-state index in [0.717, 1.165) is 18.4 Å². The number of esters is 1. The zero-order chi connectivity index (χ0) is 14.8. The minimum Gasteiger partial charge on any atom is -0.466 e. The standard InChI is InChI=1S/C18H26O2/c1-4-6-8-11-15(3)17(18(19)20-5-2)14-16-12-9-7-10-13-16/h7,9-13,17H,4-6,8,14H2,1-3H3/b15-11-. The van der Waals surface area contributed by atoms with Gasteiger partial charge in [0.15, 0.2) is 0 Å². The Morgan fingerprint density at radius 3 is 2.55 bits per heavy atom. The molecule has 2 nitrogen and oxygen atoms in total. The molecule has 0 bridgehead atoms. The molecule has 1 atom stereocenters. The molecule has 1 aromatic rings. The van der Waals surface area contributed by atoms with Gasteiger partial charge in [0.2, 0.25) is 0 Å². The molecule has 1 unspecified atom stereocenters. The molecule has 0 amide bonds. The molecule has 0 heterocycles. The highest BCUT2D eigenvalue weighted by molar-refractivity contribution is 5.76. The van der Waals surface area contributed by atoms with Crippen LogP contribution in [-0.2, 0) is 16.0 Å². The number of unbranched alkanes of at least 4 members (excludes halogenated alkanes) is 2. The second-order valence-corrected chi connectivity index (χ2v) is 5.08. The van der Waals surface area contributed by atoms with E-state index in [1.165, 1.54) is 12.0 Å². The van der Waals surface area contributed by atoms with E-state index in [1.807, 2.05) is 32.0 Å². The largest absolute Gasteiger partial charge is 0.466 e. The first-order chi connectivity index (χ1) is 9.69. The summed E-state index contributed by atoms with van der Waals surface area (Å²) >= 11 is 0. The number of hydrogen-bond donors (Lipinski definition) is 0. The summed E-state index contributed by atoms with van der Waals surface area (Å²) in [5.74, 6) is -0.268. The Bertz CT molecular complexity index is 420. The number of benzene rings is 1. The highest BCUT2D eigenvalue weighted by Crippen LogP contribution is 2.20. The molecular weight excluding hydrogens is 248 g/mol. The molecule has 0 fully saturated rings. The van der Waals surface area contributed by atoms with Crippen molar-refractivity contribution >= 4 is 5.97 Å². The lowest BCUT2D eigenvalue weighted by Gasteiger charge is -2.16. The lowest BCUT2D eigenvalue weighted by Crippen LogP contribution is -2.21. The van der Waals surface area contributed by atoms with Crippen LogP contribution in [0.3, 0.4) is 0 Å². The van der Waals surface area contributed by atoms with Gasteiger partial charge in [0.1, 0.15) is 0 Å². The third-order valence-corrected chi connectivity index (χ3v) is 3.43. The van der Waals surface area contributed by atoms with Crippen molar-refractivity contribution in [1.82, 2.24) is 0 Å². The van der Waals surface area contributed by atoms with Gasteiger partial charge in [-0.3, -0.25) is 4.79 Å². The van der Waals surface area contributed by atoms with E-state index < -0.39 is 0 Å². The summed E-state index contributed by atoms with van der Waals surface area (Å²) in [6.07, 6.45) is 6.28. The Kier molecular flexibility index (Phi) is 7.71. The average Bonchev–Trinajstić information content (AvgIpc) is 2.46. The van der Waals surface area contributed by atoms with Crippen molar-refractivity contribution in [2.45, 2.75) is 46.5 Å². The summed E-state index contributed by atoms with van der Waals surface area (Å²) in [6, 6.07) is 10.1. The van der Waals surface area contributed by atoms with Gasteiger partial charge in [-0.1, -0.05) is 61.7 Å². The fourth-order valence-corrected chi connectivity index (χ4v) is 2.20. The SMILES string of the molecule is CCCC/C=C(/C)C(Cc1ccccc1)C(=O)OCC. The van der Waals surface area contributed by atoms with Crippen molar-refractivity contribution in [2.75, 3.05) is 6.61 Å². The minimum atomic E-state index is -0.158. The van der Waals surface area contributed by atoms with E-state index in [2.05, 4.69) is 25.1 Å². The Morgan fingerprint density at radius 2 is 1.95 bits per heavy atom. The van der Waals surface area contributed by atoms with E-state index in [9.17, 15) is 4.79 Å². The second kappa shape index (κ2) is 9.35. The van der Waals surface area contributed by atoms with Crippen LogP contribution in [0.1, 0.15) is 45.6 Å². The van der Waals surface area contributed by atoms with Crippen molar-refractivity contribution in [3.8, 4) is 0 Å². The van der Waals surface area contributed by atoms with Crippen LogP contribution in [0.5, 0.6) is 0 Å². The van der Waals surface area contributed by atoms with E-state index in [0.29, 0.717) is 13.0 Å². The number of allylic oxidation sites excluding steroid dienone is 1. The number of carbonyl (C=O) groups is 1. The van der Waals surface area contributed by atoms with Gasteiger partial charge < -0.3 is 4.74 Å². The first-order valence-corrected chi connectivity index (χ1v) is 7.56. The van der Waals surface area contributed by atoms with Gasteiger partial charge >= 0.3 is 5.97 Å². The molecule has 1 aromatic carbocycles. The summed E-state index contributed by atoms with van der Waals surface area (Å²) in [4.78, 5) is 12.2. The smallest absolute Gasteiger partial charge is 0.313 e. The summed E-state index contributed by atoms with van der Waals surface area (Å²) in [7, 11) is 0. The highest BCUT2D eigenvalue weighted by atomic mass is 16.5. The lowest BCUT2D eigenvalue weighted by atomic mass is 9.92. The highest BCUT2D eigenvalue weighted by Gasteiger charge is 2.21. The van der Waals surface area contributed by atoms with Crippen molar-refractivity contribution in [2.24, 2.45) is 5.92 Å². The molecule has 0 aliphatic carbocycles. The van der Waals surface area contributed by atoms with E-state index in [4.69, 9.17) is 4.74 Å². The zero-order valence-corrected chi connectivity index (χ0v) is 12.9. The Balaban J connectivity index is 2.79. The van der Waals surface area contributed by atoms with Gasteiger partial charge in [0.05, 0.1) is 12.5 Å². The molecule has 0 saturated carbocycles. The van der Waals surface area contributed by atoms with Gasteiger partial charge in [0, 0.05) is 0 Å². The number of rotatable bonds is 8. The van der Waals surface area contributed by atoms with Crippen LogP contribution in [0.15, 0.2) is 42.0 Å². The van der Waals surface area contributed by atoms with Crippen LogP contribution in [0.25, 0.3) is 0 Å². The maximum absolute atomic E-state index is 12.2. The van der Waals surface area contributed by atoms with Gasteiger partial charge in [-0.15, -0.1) is 0 Å². The Labute approximate surface area is 122 Å². The topological polar surface area (TPSA) is 26.3 Å². The number of hydrogen-bond acceptors (Lipinski definition) is 2. The predicted octanol–water partition coefficient (Wildman–Crippen LogP) is 4.54. The van der Waals surface area contributed by atoms with Crippen LogP contribution in [0.2, 0.25) is 0 Å². The normalized spacial score (nSPS) is 13.1. The molecule has 20 heavy (non-hydrogen) atoms. The summed E-state index contributed by atoms with van der Waals surface area (Å²) < 4.78 is 5.22. The molecule has 0 aliphatic rings. The summed E-state index contributed by atoms with van der Waals surface area (Å²) in [5, 5.41) is 0. The van der Waals surface area contributed by atoms with Gasteiger partial charge in [0.25, 0.3) is 0 Å². The quantitative estimate of drug-likeness (QED) is 0.395. The van der Waals surface area contributed by atoms with E-state index in [-0.39, 0.29) is 11.9 Å². The summed E-state index contributed by atoms with van der Waals surface area (Å²) in [5.41, 5.74) is 2.30. The molecule has 1 rings (SSSR count). The molecule has 2 heteroatoms. The van der Waals surface area contributed by atoms with Crippen LogP contribution in [-0.4, -0.2) is 12.6 Å². The fourth-order valence-electron chi connectivity index (χ4n) is 2.20. The number of carbonyl (C=O) groups excluding carboxylic acids is 1. The maximum Gasteiger partial charge on any atom is 0.313 e. The van der Waals surface area contributed by atoms with Crippen molar-refractivity contribution in [3.63, 3.8) is 0 Å². The van der Waals surface area contributed by atoms with Crippen molar-refractivity contribution in [3.05, 3.63) is 47.5 Å². The fraction of sp³-hybridized carbons (Fsp3) is 0.500. The van der Waals surface area contributed by atoms with Crippen LogP contribution < -0.4 is 0 Å². The first kappa shape index (κ1) is 16.5. The zero-order valence-electron chi connectivity index (χ0n) is 12.9. The third-order valence-electron chi connectivity index (χ3n) is 3.43. The average molecular weight is 274 g/mol. The first-order valence-electron chi connectivity index (χ1n) is 7.56. The third kappa shape index (κ3) is 5.60. The van der Waals surface area contributed by atoms with Crippen LogP contribution >= 0.6 is 0 Å². The van der Waals surface area contributed by atoms with E-state index >= 15 is 0 Å². The van der Waals surface area contributed by atoms with E-state index in [1.54, 1.807) is 0 Å². The molecule has 0 aliphatic heterocycles. The van der Waals surface area contributed by atoms with Crippen molar-refractivity contribution in [1.29, 1.82) is 0 Å². The second-order valence-electron chi connectivity index (χ2n) is 5.08. The minimum absolute atomic E-state index is 0.110. The molecule has 0 spiro atoms. The molecular formula is C18H26O2. The Hall–Kier alpha value is -1.57. The van der Waals surface area contributed by atoms with Crippen LogP contribution in [0.4, 0.5) is 0 Å². The summed E-state index contributed by atoms with van der Waals surface area (Å²) in [6.45, 7) is 6.51. The number of ether oxygens (including phenoxy) is 1. The van der Waals surface area contributed by atoms with Gasteiger partial charge in [-0.05, 0) is 32.3 Å². The molecule has 0 saturated heterocycles. The predicted molar refractivity (Wildman–Crippen MR) is 83.6 cm³/mol. The lowest BCUT2D eigenvalue weighted by molar-refractivity contribution is -0.146. The van der Waals surface area contributed by atoms with Crippen LogP contribution in [0, 0.1) is 5.92 Å². The molecule has 110 valence electrons. The van der Waals surface area contributed by atoms with Gasteiger partial charge in [-0.25, -0.2) is 0 Å². The Morgan fingerprint density at radius 1 is 1.25 bits per heavy atom. The maximum atomic E-state index is 12.2. The molecule has 0 radical (unpaired) electrons. The molecule has 0 N–H and O–H groups in total. The monoisotopic (exact) mass is 274 g/mol. The van der Waals surface area contributed by atoms with Crippen molar-refractivity contribution < 1.29 is 9.53 Å².